The van der Waals surface area contributed by atoms with E-state index in [9.17, 15) is 0 Å². The molecule has 0 amide bonds. The molecule has 5 nitrogen and oxygen atoms in total. The molecule has 102 valence electrons. The number of hydrogen-bond donors (Lipinski definition) is 1. The molecule has 0 unspecified atom stereocenters. The van der Waals surface area contributed by atoms with Crippen molar-refractivity contribution < 1.29 is 14.2 Å². The maximum Gasteiger partial charge on any atom is 0.149 e. The zero-order valence-corrected chi connectivity index (χ0v) is 11.9. The molecule has 1 aromatic heterocycles. The molecular formula is C13H16N2O3S. The van der Waals surface area contributed by atoms with Crippen molar-refractivity contribution in [3.8, 4) is 17.2 Å². The lowest BCUT2D eigenvalue weighted by Gasteiger charge is -2.16. The molecule has 0 radical (unpaired) electrons. The fourth-order valence-electron chi connectivity index (χ4n) is 1.68. The molecular weight excluding hydrogens is 264 g/mol. The Balaban J connectivity index is 2.26. The van der Waals surface area contributed by atoms with E-state index in [1.807, 2.05) is 17.5 Å². The van der Waals surface area contributed by atoms with Gasteiger partial charge in [-0.15, -0.1) is 11.3 Å². The van der Waals surface area contributed by atoms with Crippen molar-refractivity contribution in [2.45, 2.75) is 6.54 Å². The van der Waals surface area contributed by atoms with E-state index in [4.69, 9.17) is 14.2 Å². The van der Waals surface area contributed by atoms with Gasteiger partial charge in [-0.2, -0.15) is 0 Å². The van der Waals surface area contributed by atoms with Gasteiger partial charge in [0.15, 0.2) is 0 Å². The normalized spacial score (nSPS) is 10.1. The summed E-state index contributed by atoms with van der Waals surface area (Å²) >= 11 is 1.57. The molecule has 2 rings (SSSR count). The Morgan fingerprint density at radius 2 is 1.79 bits per heavy atom. The van der Waals surface area contributed by atoms with Crippen molar-refractivity contribution in [1.82, 2.24) is 4.98 Å². The molecule has 2 aromatic rings. The second kappa shape index (κ2) is 6.29. The molecule has 1 aromatic carbocycles. The summed E-state index contributed by atoms with van der Waals surface area (Å²) in [6.45, 7) is 0.614. The Morgan fingerprint density at radius 3 is 2.26 bits per heavy atom. The number of hydrogen-bond acceptors (Lipinski definition) is 6. The van der Waals surface area contributed by atoms with Gasteiger partial charge in [-0.25, -0.2) is 4.98 Å². The second-order valence-electron chi connectivity index (χ2n) is 3.74. The lowest BCUT2D eigenvalue weighted by Crippen LogP contribution is -2.04. The van der Waals surface area contributed by atoms with Crippen molar-refractivity contribution in [2.24, 2.45) is 0 Å². The highest BCUT2D eigenvalue weighted by Gasteiger charge is 2.13. The number of rotatable bonds is 6. The maximum atomic E-state index is 5.36. The average molecular weight is 280 g/mol. The number of thiazole rings is 1. The largest absolute Gasteiger partial charge is 0.496 e. The average Bonchev–Trinajstić information content (AvgIpc) is 2.97. The summed E-state index contributed by atoms with van der Waals surface area (Å²) in [6, 6.07) is 3.62. The van der Waals surface area contributed by atoms with Crippen molar-refractivity contribution in [3.63, 3.8) is 0 Å². The molecule has 1 heterocycles. The van der Waals surface area contributed by atoms with Gasteiger partial charge in [0.25, 0.3) is 0 Å². The van der Waals surface area contributed by atoms with Gasteiger partial charge in [-0.3, -0.25) is 0 Å². The quantitative estimate of drug-likeness (QED) is 0.881. The van der Waals surface area contributed by atoms with Crippen LogP contribution in [0.15, 0.2) is 23.0 Å². The standard InChI is InChI=1S/C13H16N2O3S/c1-16-10-4-11(17-2)13(12(5-10)18-3)14-6-9-7-19-8-15-9/h4-5,7-8,14H,6H2,1-3H3. The predicted octanol–water partition coefficient (Wildman–Crippen LogP) is 2.78. The molecule has 19 heavy (non-hydrogen) atoms. The first-order chi connectivity index (χ1) is 9.28. The number of benzene rings is 1. The molecule has 6 heteroatoms. The van der Waals surface area contributed by atoms with Crippen LogP contribution in [0.2, 0.25) is 0 Å². The minimum Gasteiger partial charge on any atom is -0.496 e. The van der Waals surface area contributed by atoms with Gasteiger partial charge in [-0.05, 0) is 0 Å². The Hall–Kier alpha value is -1.95. The highest BCUT2D eigenvalue weighted by Crippen LogP contribution is 2.39. The number of aromatic nitrogens is 1. The zero-order chi connectivity index (χ0) is 13.7. The number of ether oxygens (including phenoxy) is 3. The monoisotopic (exact) mass is 280 g/mol. The molecule has 0 spiro atoms. The Kier molecular flexibility index (Phi) is 4.46. The van der Waals surface area contributed by atoms with E-state index >= 15 is 0 Å². The fourth-order valence-corrected chi connectivity index (χ4v) is 2.24. The minimum absolute atomic E-state index is 0.614. The van der Waals surface area contributed by atoms with E-state index < -0.39 is 0 Å². The third-order valence-electron chi connectivity index (χ3n) is 2.64. The van der Waals surface area contributed by atoms with Gasteiger partial charge in [0, 0.05) is 17.5 Å². The summed E-state index contributed by atoms with van der Waals surface area (Å²) in [4.78, 5) is 4.23. The molecule has 0 aliphatic rings. The summed E-state index contributed by atoms with van der Waals surface area (Å²) in [6.07, 6.45) is 0. The SMILES string of the molecule is COc1cc(OC)c(NCc2cscn2)c(OC)c1. The van der Waals surface area contributed by atoms with Gasteiger partial charge in [0.1, 0.15) is 22.9 Å². The molecule has 0 atom stereocenters. The van der Waals surface area contributed by atoms with Gasteiger partial charge in [0.2, 0.25) is 0 Å². The molecule has 0 fully saturated rings. The van der Waals surface area contributed by atoms with Crippen molar-refractivity contribution in [2.75, 3.05) is 26.6 Å². The van der Waals surface area contributed by atoms with Crippen LogP contribution >= 0.6 is 11.3 Å². The van der Waals surface area contributed by atoms with Crippen molar-refractivity contribution >= 4 is 17.0 Å². The Labute approximate surface area is 116 Å². The Morgan fingerprint density at radius 1 is 1.11 bits per heavy atom. The first-order valence-corrected chi connectivity index (χ1v) is 6.63. The van der Waals surface area contributed by atoms with Crippen LogP contribution in [0.1, 0.15) is 5.69 Å². The zero-order valence-electron chi connectivity index (χ0n) is 11.1. The third-order valence-corrected chi connectivity index (χ3v) is 3.28. The van der Waals surface area contributed by atoms with E-state index in [-0.39, 0.29) is 0 Å². The summed E-state index contributed by atoms with van der Waals surface area (Å²) < 4.78 is 15.9. The summed E-state index contributed by atoms with van der Waals surface area (Å²) in [7, 11) is 4.83. The van der Waals surface area contributed by atoms with Crippen LogP contribution in [0.5, 0.6) is 17.2 Å². The number of methoxy groups -OCH3 is 3. The molecule has 0 aliphatic carbocycles. The van der Waals surface area contributed by atoms with Crippen LogP contribution in [0, 0.1) is 0 Å². The fraction of sp³-hybridized carbons (Fsp3) is 0.308. The van der Waals surface area contributed by atoms with Gasteiger partial charge < -0.3 is 19.5 Å². The van der Waals surface area contributed by atoms with Crippen LogP contribution in [0.25, 0.3) is 0 Å². The molecule has 0 bridgehead atoms. The highest BCUT2D eigenvalue weighted by molar-refractivity contribution is 7.07. The molecule has 0 aliphatic heterocycles. The second-order valence-corrected chi connectivity index (χ2v) is 4.46. The topological polar surface area (TPSA) is 52.6 Å². The first-order valence-electron chi connectivity index (χ1n) is 5.69. The maximum absolute atomic E-state index is 5.36. The molecule has 1 N–H and O–H groups in total. The van der Waals surface area contributed by atoms with Crippen LogP contribution in [-0.4, -0.2) is 26.3 Å². The number of nitrogens with zero attached hydrogens (tertiary/aromatic N) is 1. The highest BCUT2D eigenvalue weighted by atomic mass is 32.1. The van der Waals surface area contributed by atoms with E-state index in [1.165, 1.54) is 0 Å². The number of anilines is 1. The van der Waals surface area contributed by atoms with Crippen LogP contribution in [0.4, 0.5) is 5.69 Å². The molecule has 0 saturated heterocycles. The lowest BCUT2D eigenvalue weighted by molar-refractivity contribution is 0.377. The van der Waals surface area contributed by atoms with E-state index in [0.717, 1.165) is 11.4 Å². The van der Waals surface area contributed by atoms with E-state index in [2.05, 4.69) is 10.3 Å². The minimum atomic E-state index is 0.614. The van der Waals surface area contributed by atoms with E-state index in [1.54, 1.807) is 38.2 Å². The number of nitrogens with one attached hydrogen (secondary N) is 1. The molecule has 0 saturated carbocycles. The van der Waals surface area contributed by atoms with Crippen LogP contribution < -0.4 is 19.5 Å². The summed E-state index contributed by atoms with van der Waals surface area (Å²) in [5.74, 6) is 2.03. The van der Waals surface area contributed by atoms with Gasteiger partial charge in [0.05, 0.1) is 39.1 Å². The summed E-state index contributed by atoms with van der Waals surface area (Å²) in [5, 5.41) is 5.27. The Bertz CT molecular complexity index is 504. The first kappa shape index (κ1) is 13.5. The smallest absolute Gasteiger partial charge is 0.149 e. The van der Waals surface area contributed by atoms with Gasteiger partial charge >= 0.3 is 0 Å². The summed E-state index contributed by atoms with van der Waals surface area (Å²) in [5.41, 5.74) is 3.57. The van der Waals surface area contributed by atoms with Crippen LogP contribution in [0.3, 0.4) is 0 Å². The van der Waals surface area contributed by atoms with Gasteiger partial charge in [-0.1, -0.05) is 0 Å². The third kappa shape index (κ3) is 3.08. The van der Waals surface area contributed by atoms with Crippen molar-refractivity contribution in [3.05, 3.63) is 28.7 Å². The van der Waals surface area contributed by atoms with Crippen molar-refractivity contribution in [1.29, 1.82) is 0 Å². The predicted molar refractivity (Wildman–Crippen MR) is 75.5 cm³/mol. The lowest BCUT2D eigenvalue weighted by atomic mass is 10.2. The van der Waals surface area contributed by atoms with Crippen LogP contribution in [-0.2, 0) is 6.54 Å². The van der Waals surface area contributed by atoms with E-state index in [0.29, 0.717) is 23.8 Å².